The number of hydrogen-bond acceptors (Lipinski definition) is 3. The number of nitrogens with zero attached hydrogens (tertiary/aromatic N) is 3. The molecule has 4 nitrogen and oxygen atoms in total. The molecule has 0 fully saturated rings. The summed E-state index contributed by atoms with van der Waals surface area (Å²) in [5.74, 6) is 0.538. The minimum absolute atomic E-state index is 0.538. The first-order valence-corrected chi connectivity index (χ1v) is 5.86. The number of aromatic nitrogens is 3. The molecule has 0 aliphatic heterocycles. The summed E-state index contributed by atoms with van der Waals surface area (Å²) in [6.45, 7) is 0.633. The summed E-state index contributed by atoms with van der Waals surface area (Å²) < 4.78 is 7.38. The maximum absolute atomic E-state index is 6.10. The van der Waals surface area contributed by atoms with Gasteiger partial charge in [-0.05, 0) is 12.1 Å². The largest absolute Gasteiger partial charge is 0.444 e. The fourth-order valence-electron chi connectivity index (χ4n) is 1.71. The van der Waals surface area contributed by atoms with Crippen LogP contribution in [0.15, 0.2) is 53.7 Å². The van der Waals surface area contributed by atoms with Gasteiger partial charge in [0.2, 0.25) is 5.89 Å². The smallest absolute Gasteiger partial charge is 0.227 e. The molecule has 2 aromatic heterocycles. The molecule has 0 bridgehead atoms. The van der Waals surface area contributed by atoms with Crippen molar-refractivity contribution in [2.45, 2.75) is 6.54 Å². The molecule has 0 atom stereocenters. The standard InChI is InChI=1S/C13H10ClN3O/c14-12-4-2-1-3-11(12)13-16-10(8-18-13)7-17-6-5-15-9-17/h1-6,8-9H,7H2. The second kappa shape index (κ2) is 4.66. The maximum Gasteiger partial charge on any atom is 0.227 e. The summed E-state index contributed by atoms with van der Waals surface area (Å²) in [5, 5.41) is 0.633. The second-order valence-corrected chi connectivity index (χ2v) is 4.27. The van der Waals surface area contributed by atoms with Crippen molar-refractivity contribution in [1.82, 2.24) is 14.5 Å². The van der Waals surface area contributed by atoms with Crippen LogP contribution in [0.2, 0.25) is 5.02 Å². The Bertz CT molecular complexity index is 646. The van der Waals surface area contributed by atoms with Crippen LogP contribution in [0.5, 0.6) is 0 Å². The van der Waals surface area contributed by atoms with E-state index in [1.165, 1.54) is 0 Å². The summed E-state index contributed by atoms with van der Waals surface area (Å²) in [6.07, 6.45) is 6.99. The van der Waals surface area contributed by atoms with Gasteiger partial charge in [0.25, 0.3) is 0 Å². The van der Waals surface area contributed by atoms with Crippen molar-refractivity contribution >= 4 is 11.6 Å². The first kappa shape index (κ1) is 11.0. The normalized spacial score (nSPS) is 10.7. The lowest BCUT2D eigenvalue weighted by atomic mass is 10.2. The van der Waals surface area contributed by atoms with Gasteiger partial charge in [0.1, 0.15) is 6.26 Å². The number of rotatable bonds is 3. The summed E-state index contributed by atoms with van der Waals surface area (Å²) >= 11 is 6.10. The lowest BCUT2D eigenvalue weighted by Crippen LogP contribution is -1.96. The molecule has 0 aliphatic rings. The average molecular weight is 260 g/mol. The van der Waals surface area contributed by atoms with Crippen LogP contribution in [-0.2, 0) is 6.54 Å². The van der Waals surface area contributed by atoms with E-state index in [-0.39, 0.29) is 0 Å². The molecule has 0 N–H and O–H groups in total. The molecule has 0 saturated heterocycles. The van der Waals surface area contributed by atoms with Gasteiger partial charge in [0.05, 0.1) is 29.2 Å². The maximum atomic E-state index is 6.10. The Balaban J connectivity index is 1.88. The van der Waals surface area contributed by atoms with E-state index in [4.69, 9.17) is 16.0 Å². The van der Waals surface area contributed by atoms with E-state index in [1.807, 2.05) is 35.0 Å². The second-order valence-electron chi connectivity index (χ2n) is 3.86. The fraction of sp³-hybridized carbons (Fsp3) is 0.0769. The number of halogens is 1. The van der Waals surface area contributed by atoms with Gasteiger partial charge in [-0.25, -0.2) is 9.97 Å². The molecule has 0 aliphatic carbocycles. The highest BCUT2D eigenvalue weighted by atomic mass is 35.5. The van der Waals surface area contributed by atoms with Crippen molar-refractivity contribution in [3.05, 3.63) is 60.0 Å². The molecule has 5 heteroatoms. The highest BCUT2D eigenvalue weighted by molar-refractivity contribution is 6.33. The van der Waals surface area contributed by atoms with Crippen molar-refractivity contribution in [2.24, 2.45) is 0 Å². The summed E-state index contributed by atoms with van der Waals surface area (Å²) in [5.41, 5.74) is 1.64. The number of imidazole rings is 1. The summed E-state index contributed by atoms with van der Waals surface area (Å²) in [4.78, 5) is 8.40. The molecular formula is C13H10ClN3O. The molecule has 90 valence electrons. The molecule has 3 rings (SSSR count). The van der Waals surface area contributed by atoms with Crippen LogP contribution in [0.25, 0.3) is 11.5 Å². The molecule has 1 aromatic carbocycles. The predicted octanol–water partition coefficient (Wildman–Crippen LogP) is 3.24. The highest BCUT2D eigenvalue weighted by Gasteiger charge is 2.09. The van der Waals surface area contributed by atoms with Gasteiger partial charge < -0.3 is 8.98 Å². The molecular weight excluding hydrogens is 250 g/mol. The molecule has 0 unspecified atom stereocenters. The molecule has 2 heterocycles. The lowest BCUT2D eigenvalue weighted by molar-refractivity contribution is 0.571. The van der Waals surface area contributed by atoms with Gasteiger partial charge in [0.15, 0.2) is 0 Å². The van der Waals surface area contributed by atoms with E-state index >= 15 is 0 Å². The van der Waals surface area contributed by atoms with Gasteiger partial charge in [-0.1, -0.05) is 23.7 Å². The zero-order valence-corrected chi connectivity index (χ0v) is 10.2. The molecule has 0 saturated carbocycles. The van der Waals surface area contributed by atoms with Crippen LogP contribution in [-0.4, -0.2) is 14.5 Å². The third-order valence-electron chi connectivity index (χ3n) is 2.56. The fourth-order valence-corrected chi connectivity index (χ4v) is 1.92. The first-order valence-electron chi connectivity index (χ1n) is 5.48. The van der Waals surface area contributed by atoms with Crippen molar-refractivity contribution in [2.75, 3.05) is 0 Å². The predicted molar refractivity (Wildman–Crippen MR) is 68.3 cm³/mol. The van der Waals surface area contributed by atoms with Gasteiger partial charge in [-0.2, -0.15) is 0 Å². The monoisotopic (exact) mass is 259 g/mol. The zero-order valence-electron chi connectivity index (χ0n) is 9.45. The van der Waals surface area contributed by atoms with E-state index < -0.39 is 0 Å². The number of hydrogen-bond donors (Lipinski definition) is 0. The van der Waals surface area contributed by atoms with Gasteiger partial charge >= 0.3 is 0 Å². The van der Waals surface area contributed by atoms with Gasteiger partial charge in [-0.3, -0.25) is 0 Å². The Morgan fingerprint density at radius 3 is 2.94 bits per heavy atom. The Kier molecular flexibility index (Phi) is 2.86. The van der Waals surface area contributed by atoms with E-state index in [9.17, 15) is 0 Å². The summed E-state index contributed by atoms with van der Waals surface area (Å²) in [6, 6.07) is 7.48. The Morgan fingerprint density at radius 2 is 2.17 bits per heavy atom. The first-order chi connectivity index (χ1) is 8.83. The van der Waals surface area contributed by atoms with Crippen LogP contribution in [0, 0.1) is 0 Å². The van der Waals surface area contributed by atoms with Crippen LogP contribution in [0.1, 0.15) is 5.69 Å². The van der Waals surface area contributed by atoms with Crippen LogP contribution in [0.4, 0.5) is 0 Å². The molecule has 0 radical (unpaired) electrons. The minimum atomic E-state index is 0.538. The topological polar surface area (TPSA) is 43.9 Å². The number of benzene rings is 1. The van der Waals surface area contributed by atoms with Crippen LogP contribution in [0.3, 0.4) is 0 Å². The van der Waals surface area contributed by atoms with Crippen molar-refractivity contribution < 1.29 is 4.42 Å². The quantitative estimate of drug-likeness (QED) is 0.725. The Morgan fingerprint density at radius 1 is 1.28 bits per heavy atom. The molecule has 3 aromatic rings. The van der Waals surface area contributed by atoms with Crippen LogP contribution < -0.4 is 0 Å². The highest BCUT2D eigenvalue weighted by Crippen LogP contribution is 2.26. The molecule has 0 spiro atoms. The van der Waals surface area contributed by atoms with E-state index in [0.29, 0.717) is 17.5 Å². The number of oxazole rings is 1. The third-order valence-corrected chi connectivity index (χ3v) is 2.89. The lowest BCUT2D eigenvalue weighted by Gasteiger charge is -1.98. The summed E-state index contributed by atoms with van der Waals surface area (Å²) in [7, 11) is 0. The van der Waals surface area contributed by atoms with Crippen molar-refractivity contribution in [3.63, 3.8) is 0 Å². The Labute approximate surface area is 109 Å². The van der Waals surface area contributed by atoms with E-state index in [0.717, 1.165) is 11.3 Å². The molecule has 0 amide bonds. The van der Waals surface area contributed by atoms with Crippen LogP contribution >= 0.6 is 11.6 Å². The van der Waals surface area contributed by atoms with Crippen molar-refractivity contribution in [1.29, 1.82) is 0 Å². The zero-order chi connectivity index (χ0) is 12.4. The van der Waals surface area contributed by atoms with Gasteiger partial charge in [-0.15, -0.1) is 0 Å². The third kappa shape index (κ3) is 2.15. The molecule has 18 heavy (non-hydrogen) atoms. The van der Waals surface area contributed by atoms with Crippen molar-refractivity contribution in [3.8, 4) is 11.5 Å². The Hall–Kier alpha value is -2.07. The SMILES string of the molecule is Clc1ccccc1-c1nc(Cn2ccnc2)co1. The van der Waals surface area contributed by atoms with E-state index in [1.54, 1.807) is 18.8 Å². The average Bonchev–Trinajstić information content (AvgIpc) is 3.02. The van der Waals surface area contributed by atoms with Gasteiger partial charge in [0, 0.05) is 12.4 Å². The minimum Gasteiger partial charge on any atom is -0.444 e. The van der Waals surface area contributed by atoms with E-state index in [2.05, 4.69) is 9.97 Å².